The third kappa shape index (κ3) is 13.3. The molecule has 0 aliphatic rings. The third-order valence-electron chi connectivity index (χ3n) is 4.29. The fourth-order valence-electron chi connectivity index (χ4n) is 2.72. The van der Waals surface area contributed by atoms with Crippen molar-refractivity contribution >= 4 is 0 Å². The Hall–Kier alpha value is -0.120. The van der Waals surface area contributed by atoms with Gasteiger partial charge in [0.2, 0.25) is 0 Å². The zero-order chi connectivity index (χ0) is 15.9. The Bertz CT molecular complexity index is 209. The van der Waals surface area contributed by atoms with E-state index in [4.69, 9.17) is 5.73 Å². The first kappa shape index (κ1) is 20.9. The Kier molecular flexibility index (Phi) is 14.7. The Morgan fingerprint density at radius 3 is 1.48 bits per heavy atom. The number of rotatable bonds is 15. The molecule has 0 saturated heterocycles. The molecule has 0 spiro atoms. The van der Waals surface area contributed by atoms with Crippen molar-refractivity contribution in [1.82, 2.24) is 0 Å². The molecule has 0 saturated carbocycles. The van der Waals surface area contributed by atoms with Crippen molar-refractivity contribution in [3.05, 3.63) is 0 Å². The summed E-state index contributed by atoms with van der Waals surface area (Å²) < 4.78 is 0. The van der Waals surface area contributed by atoms with Crippen LogP contribution in [0.2, 0.25) is 0 Å². The molecule has 0 aliphatic heterocycles. The minimum Gasteiger partial charge on any atom is -0.390 e. The average molecular weight is 302 g/mol. The van der Waals surface area contributed by atoms with Gasteiger partial charge in [0.05, 0.1) is 12.2 Å². The highest BCUT2D eigenvalue weighted by Gasteiger charge is 2.19. The van der Waals surface area contributed by atoms with Crippen molar-refractivity contribution in [2.24, 2.45) is 5.73 Å². The summed E-state index contributed by atoms with van der Waals surface area (Å²) in [6, 6.07) is -0.350. The van der Waals surface area contributed by atoms with Gasteiger partial charge >= 0.3 is 0 Å². The lowest BCUT2D eigenvalue weighted by Gasteiger charge is -2.20. The maximum atomic E-state index is 9.72. The Labute approximate surface area is 132 Å². The van der Waals surface area contributed by atoms with Gasteiger partial charge < -0.3 is 15.9 Å². The standard InChI is InChI=1S/C18H39NO2/c1-3-4-5-6-7-8-9-10-11-12-13-14-15-17(20)18(21)16(2)19/h16-18,20-21H,3-15,19H2,1-2H3. The Morgan fingerprint density at radius 1 is 0.714 bits per heavy atom. The summed E-state index contributed by atoms with van der Waals surface area (Å²) in [7, 11) is 0. The van der Waals surface area contributed by atoms with Crippen LogP contribution in [0.25, 0.3) is 0 Å². The van der Waals surface area contributed by atoms with Gasteiger partial charge in [-0.25, -0.2) is 0 Å². The van der Waals surface area contributed by atoms with Crippen LogP contribution in [0.5, 0.6) is 0 Å². The fourth-order valence-corrected chi connectivity index (χ4v) is 2.72. The van der Waals surface area contributed by atoms with Crippen LogP contribution in [0.3, 0.4) is 0 Å². The van der Waals surface area contributed by atoms with Gasteiger partial charge in [-0.05, 0) is 13.3 Å². The summed E-state index contributed by atoms with van der Waals surface area (Å²) in [4.78, 5) is 0. The van der Waals surface area contributed by atoms with Crippen molar-refractivity contribution in [2.75, 3.05) is 0 Å². The molecule has 0 heterocycles. The lowest BCUT2D eigenvalue weighted by molar-refractivity contribution is 0.00174. The molecule has 0 aromatic heterocycles. The number of nitrogens with two attached hydrogens (primary N) is 1. The SMILES string of the molecule is CCCCCCCCCCCCCCC(O)C(O)C(C)N. The van der Waals surface area contributed by atoms with E-state index in [1.165, 1.54) is 64.2 Å². The van der Waals surface area contributed by atoms with Crippen LogP contribution >= 0.6 is 0 Å². The van der Waals surface area contributed by atoms with Crippen molar-refractivity contribution < 1.29 is 10.2 Å². The molecule has 128 valence electrons. The summed E-state index contributed by atoms with van der Waals surface area (Å²) in [5.74, 6) is 0. The van der Waals surface area contributed by atoms with Crippen LogP contribution < -0.4 is 5.73 Å². The van der Waals surface area contributed by atoms with E-state index in [0.29, 0.717) is 6.42 Å². The molecular weight excluding hydrogens is 262 g/mol. The van der Waals surface area contributed by atoms with Gasteiger partial charge in [-0.15, -0.1) is 0 Å². The van der Waals surface area contributed by atoms with E-state index in [1.54, 1.807) is 6.92 Å². The van der Waals surface area contributed by atoms with Crippen molar-refractivity contribution in [1.29, 1.82) is 0 Å². The Balaban J connectivity index is 3.19. The summed E-state index contributed by atoms with van der Waals surface area (Å²) in [5, 5.41) is 19.3. The van der Waals surface area contributed by atoms with Crippen molar-refractivity contribution in [3.8, 4) is 0 Å². The molecule has 0 rings (SSSR count). The molecule has 3 nitrogen and oxygen atoms in total. The molecule has 0 aliphatic carbocycles. The molecule has 0 aromatic rings. The second-order valence-corrected chi connectivity index (χ2v) is 6.59. The van der Waals surface area contributed by atoms with Crippen molar-refractivity contribution in [2.45, 2.75) is 116 Å². The summed E-state index contributed by atoms with van der Waals surface area (Å²) in [6.07, 6.45) is 15.0. The van der Waals surface area contributed by atoms with Crippen LogP contribution in [-0.2, 0) is 0 Å². The van der Waals surface area contributed by atoms with Crippen molar-refractivity contribution in [3.63, 3.8) is 0 Å². The number of unbranched alkanes of at least 4 members (excludes halogenated alkanes) is 11. The summed E-state index contributed by atoms with van der Waals surface area (Å²) in [6.45, 7) is 3.99. The van der Waals surface area contributed by atoms with Gasteiger partial charge in [0, 0.05) is 6.04 Å². The Morgan fingerprint density at radius 2 is 1.10 bits per heavy atom. The minimum absolute atomic E-state index is 0.350. The van der Waals surface area contributed by atoms with Gasteiger partial charge in [-0.3, -0.25) is 0 Å². The first-order valence-corrected chi connectivity index (χ1v) is 9.21. The number of aliphatic hydroxyl groups is 2. The van der Waals surface area contributed by atoms with Gasteiger partial charge in [-0.2, -0.15) is 0 Å². The predicted molar refractivity (Wildman–Crippen MR) is 91.4 cm³/mol. The minimum atomic E-state index is -0.780. The number of hydrogen-bond acceptors (Lipinski definition) is 3. The van der Waals surface area contributed by atoms with E-state index in [0.717, 1.165) is 12.8 Å². The molecule has 0 amide bonds. The number of hydrogen-bond donors (Lipinski definition) is 3. The lowest BCUT2D eigenvalue weighted by atomic mass is 10.0. The van der Waals surface area contributed by atoms with E-state index in [1.807, 2.05) is 0 Å². The second-order valence-electron chi connectivity index (χ2n) is 6.59. The number of aliphatic hydroxyl groups excluding tert-OH is 2. The fraction of sp³-hybridized carbons (Fsp3) is 1.00. The van der Waals surface area contributed by atoms with Crippen LogP contribution in [0.4, 0.5) is 0 Å². The normalized spacial score (nSPS) is 15.9. The van der Waals surface area contributed by atoms with Crippen LogP contribution in [0.15, 0.2) is 0 Å². The highest BCUT2D eigenvalue weighted by molar-refractivity contribution is 4.74. The molecule has 0 bridgehead atoms. The predicted octanol–water partition coefficient (Wildman–Crippen LogP) is 4.15. The smallest absolute Gasteiger partial charge is 0.0946 e. The van der Waals surface area contributed by atoms with E-state index in [-0.39, 0.29) is 6.04 Å². The molecule has 3 heteroatoms. The topological polar surface area (TPSA) is 66.5 Å². The zero-order valence-corrected chi connectivity index (χ0v) is 14.4. The lowest BCUT2D eigenvalue weighted by Crippen LogP contribution is -2.40. The largest absolute Gasteiger partial charge is 0.390 e. The molecule has 4 N–H and O–H groups in total. The monoisotopic (exact) mass is 301 g/mol. The molecule has 3 unspecified atom stereocenters. The van der Waals surface area contributed by atoms with E-state index >= 15 is 0 Å². The zero-order valence-electron chi connectivity index (χ0n) is 14.4. The highest BCUT2D eigenvalue weighted by Crippen LogP contribution is 2.14. The molecular formula is C18H39NO2. The van der Waals surface area contributed by atoms with Gasteiger partial charge in [0.25, 0.3) is 0 Å². The van der Waals surface area contributed by atoms with E-state index < -0.39 is 12.2 Å². The third-order valence-corrected chi connectivity index (χ3v) is 4.29. The maximum absolute atomic E-state index is 9.72. The molecule has 0 fully saturated rings. The van der Waals surface area contributed by atoms with Crippen LogP contribution in [0.1, 0.15) is 97.3 Å². The van der Waals surface area contributed by atoms with Gasteiger partial charge in [0.15, 0.2) is 0 Å². The molecule has 0 radical (unpaired) electrons. The molecule has 3 atom stereocenters. The molecule has 21 heavy (non-hydrogen) atoms. The van der Waals surface area contributed by atoms with Gasteiger partial charge in [-0.1, -0.05) is 84.0 Å². The van der Waals surface area contributed by atoms with Crippen LogP contribution in [-0.4, -0.2) is 28.5 Å². The quantitative estimate of drug-likeness (QED) is 0.398. The summed E-state index contributed by atoms with van der Waals surface area (Å²) in [5.41, 5.74) is 5.56. The average Bonchev–Trinajstić information content (AvgIpc) is 2.47. The maximum Gasteiger partial charge on any atom is 0.0946 e. The van der Waals surface area contributed by atoms with Crippen LogP contribution in [0, 0.1) is 0 Å². The van der Waals surface area contributed by atoms with Gasteiger partial charge in [0.1, 0.15) is 0 Å². The summed E-state index contributed by atoms with van der Waals surface area (Å²) >= 11 is 0. The molecule has 0 aromatic carbocycles. The highest BCUT2D eigenvalue weighted by atomic mass is 16.3. The second kappa shape index (κ2) is 14.8. The van der Waals surface area contributed by atoms with E-state index in [9.17, 15) is 10.2 Å². The van der Waals surface area contributed by atoms with E-state index in [2.05, 4.69) is 6.92 Å². The first-order valence-electron chi connectivity index (χ1n) is 9.21. The first-order chi connectivity index (χ1) is 10.1.